The molecule has 0 fully saturated rings. The molecular formula is C35H50N2O. The fourth-order valence-electron chi connectivity index (χ4n) is 5.28. The largest absolute Gasteiger partial charge is 0.507 e. The summed E-state index contributed by atoms with van der Waals surface area (Å²) in [6.45, 7) is 22.9. The van der Waals surface area contributed by atoms with Gasteiger partial charge in [-0.15, -0.1) is 0 Å². The SMILES string of the molecule is CC(Cc1ccccc1Nc1ccc(NCc2cc(C(C)(C)C)c(O)c(C(C)(C)C)c2)cc1)CC(C)(C)C. The van der Waals surface area contributed by atoms with Crippen LogP contribution in [0, 0.1) is 11.3 Å². The van der Waals surface area contributed by atoms with Gasteiger partial charge < -0.3 is 15.7 Å². The van der Waals surface area contributed by atoms with Crippen LogP contribution in [0.5, 0.6) is 5.75 Å². The second-order valence-electron chi connectivity index (χ2n) is 14.3. The van der Waals surface area contributed by atoms with Gasteiger partial charge in [0.2, 0.25) is 0 Å². The summed E-state index contributed by atoms with van der Waals surface area (Å²) in [6, 6.07) is 21.5. The van der Waals surface area contributed by atoms with Crippen LogP contribution in [0.15, 0.2) is 60.7 Å². The zero-order valence-electron chi connectivity index (χ0n) is 25.4. The molecule has 206 valence electrons. The van der Waals surface area contributed by atoms with Gasteiger partial charge in [0.05, 0.1) is 0 Å². The van der Waals surface area contributed by atoms with Crippen LogP contribution in [0.2, 0.25) is 0 Å². The Hall–Kier alpha value is -2.94. The number of hydrogen-bond donors (Lipinski definition) is 3. The van der Waals surface area contributed by atoms with Gasteiger partial charge in [-0.25, -0.2) is 0 Å². The molecule has 0 saturated carbocycles. The van der Waals surface area contributed by atoms with Crippen LogP contribution in [0.4, 0.5) is 17.1 Å². The summed E-state index contributed by atoms with van der Waals surface area (Å²) in [5, 5.41) is 18.2. The lowest BCUT2D eigenvalue weighted by atomic mass is 9.78. The molecule has 0 aliphatic rings. The van der Waals surface area contributed by atoms with Gasteiger partial charge in [0, 0.05) is 23.6 Å². The molecule has 3 nitrogen and oxygen atoms in total. The van der Waals surface area contributed by atoms with E-state index >= 15 is 0 Å². The van der Waals surface area contributed by atoms with E-state index in [0.29, 0.717) is 23.6 Å². The lowest BCUT2D eigenvalue weighted by Gasteiger charge is -2.28. The quantitative estimate of drug-likeness (QED) is 0.280. The molecule has 0 aliphatic carbocycles. The van der Waals surface area contributed by atoms with Gasteiger partial charge in [-0.3, -0.25) is 0 Å². The number of phenols is 1. The third-order valence-electron chi connectivity index (χ3n) is 6.99. The van der Waals surface area contributed by atoms with Crippen LogP contribution in [0.1, 0.15) is 97.9 Å². The molecule has 1 atom stereocenters. The number of hydrogen-bond acceptors (Lipinski definition) is 3. The summed E-state index contributed by atoms with van der Waals surface area (Å²) in [6.07, 6.45) is 2.27. The molecule has 0 heterocycles. The van der Waals surface area contributed by atoms with E-state index in [1.165, 1.54) is 23.2 Å². The second kappa shape index (κ2) is 11.4. The molecular weight excluding hydrogens is 464 g/mol. The molecule has 1 unspecified atom stereocenters. The van der Waals surface area contributed by atoms with Crippen molar-refractivity contribution in [1.82, 2.24) is 0 Å². The molecule has 3 aromatic rings. The fourth-order valence-corrected chi connectivity index (χ4v) is 5.28. The Morgan fingerprint density at radius 1 is 0.737 bits per heavy atom. The van der Waals surface area contributed by atoms with Crippen LogP contribution in [0.25, 0.3) is 0 Å². The molecule has 0 aromatic heterocycles. The van der Waals surface area contributed by atoms with Gasteiger partial charge in [-0.1, -0.05) is 87.4 Å². The predicted molar refractivity (Wildman–Crippen MR) is 166 cm³/mol. The van der Waals surface area contributed by atoms with Gasteiger partial charge in [0.1, 0.15) is 5.75 Å². The summed E-state index contributed by atoms with van der Waals surface area (Å²) in [4.78, 5) is 0. The third kappa shape index (κ3) is 8.28. The van der Waals surface area contributed by atoms with Gasteiger partial charge in [-0.2, -0.15) is 0 Å². The lowest BCUT2D eigenvalue weighted by Crippen LogP contribution is -2.18. The van der Waals surface area contributed by atoms with Crippen molar-refractivity contribution in [1.29, 1.82) is 0 Å². The molecule has 0 bridgehead atoms. The highest BCUT2D eigenvalue weighted by molar-refractivity contribution is 5.65. The zero-order chi connectivity index (χ0) is 28.3. The first-order valence-corrected chi connectivity index (χ1v) is 14.1. The minimum Gasteiger partial charge on any atom is -0.507 e. The lowest BCUT2D eigenvalue weighted by molar-refractivity contribution is 0.306. The Morgan fingerprint density at radius 3 is 1.79 bits per heavy atom. The van der Waals surface area contributed by atoms with E-state index in [0.717, 1.165) is 28.9 Å². The van der Waals surface area contributed by atoms with E-state index in [2.05, 4.69) is 141 Å². The number of nitrogens with one attached hydrogen (secondary N) is 2. The number of para-hydroxylation sites is 1. The van der Waals surface area contributed by atoms with Crippen molar-refractivity contribution in [3.8, 4) is 5.75 Å². The molecule has 3 N–H and O–H groups in total. The Kier molecular flexibility index (Phi) is 8.91. The summed E-state index contributed by atoms with van der Waals surface area (Å²) < 4.78 is 0. The van der Waals surface area contributed by atoms with Crippen molar-refractivity contribution in [2.24, 2.45) is 11.3 Å². The maximum absolute atomic E-state index is 11.0. The van der Waals surface area contributed by atoms with Gasteiger partial charge >= 0.3 is 0 Å². The molecule has 0 radical (unpaired) electrons. The molecule has 0 amide bonds. The highest BCUT2D eigenvalue weighted by Crippen LogP contribution is 2.40. The summed E-state index contributed by atoms with van der Waals surface area (Å²) in [7, 11) is 0. The van der Waals surface area contributed by atoms with Crippen LogP contribution in [0.3, 0.4) is 0 Å². The Morgan fingerprint density at radius 2 is 1.26 bits per heavy atom. The van der Waals surface area contributed by atoms with E-state index in [4.69, 9.17) is 0 Å². The minimum absolute atomic E-state index is 0.131. The van der Waals surface area contributed by atoms with E-state index in [1.54, 1.807) is 0 Å². The average molecular weight is 515 g/mol. The number of aromatic hydroxyl groups is 1. The van der Waals surface area contributed by atoms with Crippen molar-refractivity contribution >= 4 is 17.1 Å². The third-order valence-corrected chi connectivity index (χ3v) is 6.99. The molecule has 3 heteroatoms. The predicted octanol–water partition coefficient (Wildman–Crippen LogP) is 9.96. The van der Waals surface area contributed by atoms with Gasteiger partial charge in [0.25, 0.3) is 0 Å². The maximum atomic E-state index is 11.0. The molecule has 0 saturated heterocycles. The Labute approximate surface area is 232 Å². The summed E-state index contributed by atoms with van der Waals surface area (Å²) in [5.41, 5.74) is 7.96. The first-order chi connectivity index (χ1) is 17.5. The normalized spacial score (nSPS) is 13.3. The van der Waals surface area contributed by atoms with Crippen LogP contribution in [-0.4, -0.2) is 5.11 Å². The highest BCUT2D eigenvalue weighted by atomic mass is 16.3. The summed E-state index contributed by atoms with van der Waals surface area (Å²) >= 11 is 0. The van der Waals surface area contributed by atoms with Crippen LogP contribution in [-0.2, 0) is 23.8 Å². The maximum Gasteiger partial charge on any atom is 0.123 e. The topological polar surface area (TPSA) is 44.3 Å². The number of phenolic OH excluding ortho intramolecular Hbond substituents is 1. The van der Waals surface area contributed by atoms with E-state index in [-0.39, 0.29) is 10.8 Å². The Balaban J connectivity index is 1.72. The van der Waals surface area contributed by atoms with Gasteiger partial charge in [-0.05, 0) is 99.7 Å². The smallest absolute Gasteiger partial charge is 0.123 e. The minimum atomic E-state index is -0.131. The van der Waals surface area contributed by atoms with Crippen molar-refractivity contribution in [3.63, 3.8) is 0 Å². The van der Waals surface area contributed by atoms with Crippen molar-refractivity contribution in [3.05, 3.63) is 82.9 Å². The highest BCUT2D eigenvalue weighted by Gasteiger charge is 2.26. The monoisotopic (exact) mass is 514 g/mol. The fraction of sp³-hybridized carbons (Fsp3) is 0.486. The van der Waals surface area contributed by atoms with Crippen LogP contribution < -0.4 is 10.6 Å². The second-order valence-corrected chi connectivity index (χ2v) is 14.3. The van der Waals surface area contributed by atoms with Crippen molar-refractivity contribution < 1.29 is 5.11 Å². The molecule has 3 aromatic carbocycles. The number of benzene rings is 3. The molecule has 0 spiro atoms. The Bertz CT molecular complexity index is 1170. The number of anilines is 3. The number of rotatable bonds is 8. The van der Waals surface area contributed by atoms with E-state index < -0.39 is 0 Å². The van der Waals surface area contributed by atoms with Gasteiger partial charge in [0.15, 0.2) is 0 Å². The molecule has 0 aliphatic heterocycles. The molecule has 38 heavy (non-hydrogen) atoms. The first-order valence-electron chi connectivity index (χ1n) is 14.1. The van der Waals surface area contributed by atoms with Crippen molar-refractivity contribution in [2.45, 2.75) is 99.5 Å². The van der Waals surface area contributed by atoms with E-state index in [9.17, 15) is 5.11 Å². The summed E-state index contributed by atoms with van der Waals surface area (Å²) in [5.74, 6) is 1.05. The average Bonchev–Trinajstić information content (AvgIpc) is 2.78. The van der Waals surface area contributed by atoms with Crippen LogP contribution >= 0.6 is 0 Å². The first kappa shape index (κ1) is 29.6. The zero-order valence-corrected chi connectivity index (χ0v) is 25.4. The standard InChI is InChI=1S/C35H50N2O/c1-24(22-33(2,3)4)19-26-13-11-12-14-31(26)37-28-17-15-27(16-18-28)36-23-25-20-29(34(5,6)7)32(38)30(21-25)35(8,9)10/h11-18,20-21,24,36-38H,19,22-23H2,1-10H3. The van der Waals surface area contributed by atoms with Crippen molar-refractivity contribution in [2.75, 3.05) is 10.6 Å². The molecule has 3 rings (SSSR count). The van der Waals surface area contributed by atoms with E-state index in [1.807, 2.05) is 0 Å².